The molecule has 0 aliphatic heterocycles. The first-order valence-corrected chi connectivity index (χ1v) is 42.9. The molecular formula is C120H86N2O2. The molecule has 4 heteroatoms. The topological polar surface area (TPSA) is 32.8 Å². The number of rotatable bonds is 15. The Morgan fingerprint density at radius 2 is 0.347 bits per heavy atom. The fraction of sp³-hybridized carbons (Fsp3) is 0.0500. The van der Waals surface area contributed by atoms with Crippen LogP contribution in [0.15, 0.2) is 458 Å². The molecule has 0 radical (unpaired) electrons. The highest BCUT2D eigenvalue weighted by molar-refractivity contribution is 6.08. The lowest BCUT2D eigenvalue weighted by molar-refractivity contribution is 0.660. The lowest BCUT2D eigenvalue weighted by Crippen LogP contribution is -2.16. The van der Waals surface area contributed by atoms with Crippen molar-refractivity contribution in [1.82, 2.24) is 0 Å². The zero-order valence-corrected chi connectivity index (χ0v) is 69.4. The molecule has 0 bridgehead atoms. The number of furan rings is 2. The molecule has 23 rings (SSSR count). The van der Waals surface area contributed by atoms with Crippen molar-refractivity contribution in [1.29, 1.82) is 0 Å². The summed E-state index contributed by atoms with van der Waals surface area (Å²) in [6.45, 7) is 9.49. The van der Waals surface area contributed by atoms with Gasteiger partial charge in [-0.3, -0.25) is 0 Å². The van der Waals surface area contributed by atoms with Crippen LogP contribution in [0.3, 0.4) is 0 Å². The van der Waals surface area contributed by atoms with Gasteiger partial charge in [-0.15, -0.1) is 0 Å². The average Bonchev–Trinajstić information content (AvgIpc) is 1.58. The Bertz CT molecular complexity index is 7430. The Morgan fingerprint density at radius 1 is 0.153 bits per heavy atom. The van der Waals surface area contributed by atoms with E-state index in [0.717, 1.165) is 78.0 Å². The van der Waals surface area contributed by atoms with E-state index in [2.05, 4.69) is 462 Å². The van der Waals surface area contributed by atoms with Crippen LogP contribution in [0.4, 0.5) is 34.1 Å². The first-order valence-electron chi connectivity index (χ1n) is 42.9. The molecule has 0 spiro atoms. The van der Waals surface area contributed by atoms with Crippen LogP contribution in [0, 0.1) is 0 Å². The monoisotopic (exact) mass is 1590 g/mol. The summed E-state index contributed by atoms with van der Waals surface area (Å²) < 4.78 is 12.3. The minimum absolute atomic E-state index is 0.207. The molecule has 0 fully saturated rings. The van der Waals surface area contributed by atoms with Crippen LogP contribution in [-0.4, -0.2) is 0 Å². The lowest BCUT2D eigenvalue weighted by atomic mass is 9.81. The van der Waals surface area contributed by atoms with E-state index in [-0.39, 0.29) is 10.8 Å². The molecule has 21 aromatic rings. The number of benzene rings is 19. The number of fused-ring (bicyclic) bond motifs is 12. The fourth-order valence-corrected chi connectivity index (χ4v) is 19.1. The summed E-state index contributed by atoms with van der Waals surface area (Å²) in [5.74, 6) is 0. The van der Waals surface area contributed by atoms with Crippen molar-refractivity contribution in [3.63, 3.8) is 0 Å². The van der Waals surface area contributed by atoms with Gasteiger partial charge in [-0.25, -0.2) is 0 Å². The Morgan fingerprint density at radius 3 is 0.629 bits per heavy atom. The van der Waals surface area contributed by atoms with E-state index < -0.39 is 0 Å². The molecule has 0 amide bonds. The molecule has 0 atom stereocenters. The third-order valence-corrected chi connectivity index (χ3v) is 25.8. The van der Waals surface area contributed by atoms with E-state index in [1.165, 1.54) is 145 Å². The Kier molecular flexibility index (Phi) is 18.6. The first-order chi connectivity index (χ1) is 60.9. The molecule has 2 aliphatic rings. The van der Waals surface area contributed by atoms with E-state index >= 15 is 0 Å². The molecular weight excluding hydrogens is 1500 g/mol. The van der Waals surface area contributed by atoms with Crippen LogP contribution < -0.4 is 9.80 Å². The Labute approximate surface area is 723 Å². The first kappa shape index (κ1) is 74.7. The summed E-state index contributed by atoms with van der Waals surface area (Å²) in [6.07, 6.45) is 0. The zero-order valence-electron chi connectivity index (χ0n) is 69.4. The van der Waals surface area contributed by atoms with Gasteiger partial charge in [-0.05, 0) is 266 Å². The number of nitrogens with zero attached hydrogens (tertiary/aromatic N) is 2. The Balaban J connectivity index is 0.000000148. The van der Waals surface area contributed by atoms with Crippen LogP contribution in [0.1, 0.15) is 49.9 Å². The molecule has 588 valence electrons. The molecule has 4 nitrogen and oxygen atoms in total. The van der Waals surface area contributed by atoms with Crippen molar-refractivity contribution in [2.45, 2.75) is 38.5 Å². The maximum absolute atomic E-state index is 6.17. The summed E-state index contributed by atoms with van der Waals surface area (Å²) >= 11 is 0. The van der Waals surface area contributed by atoms with Gasteiger partial charge in [-0.1, -0.05) is 355 Å². The molecule has 0 saturated carbocycles. The van der Waals surface area contributed by atoms with E-state index in [0.29, 0.717) is 0 Å². The van der Waals surface area contributed by atoms with Crippen molar-refractivity contribution in [2.24, 2.45) is 0 Å². The molecule has 19 aromatic carbocycles. The molecule has 0 N–H and O–H groups in total. The van der Waals surface area contributed by atoms with Gasteiger partial charge in [0.1, 0.15) is 22.3 Å². The van der Waals surface area contributed by atoms with E-state index in [4.69, 9.17) is 8.83 Å². The standard InChI is InChI=1S/C63H45NO.C57H41NO/c1-63(2)59-40-51(50-30-38-62-58(39-50)57-15-9-10-16-61(57)65-62)29-36-55(59)56-37-35-54(41-60(56)63)64(52-31-25-48(26-32-52)46-21-17-44(18-22-46)42-11-5-3-6-12-42)53-33-27-49(28-34-53)47-23-19-45(20-24-47)43-13-7-4-8-14-43;1-57(2)53-36-45(44-26-34-56-52(35-44)51-15-9-10-16-55(51)59-56)25-32-49(53)50-33-31-48(37-54(50)57)58(46-27-21-42(22-28-46)39-13-7-4-8-14-39)47-29-23-43(24-30-47)41-19-17-40(18-20-41)38-11-5-3-6-12-38/h3-41H,1-2H3;3-37H,1-2H3. The largest absolute Gasteiger partial charge is 0.456 e. The van der Waals surface area contributed by atoms with Gasteiger partial charge in [-0.2, -0.15) is 0 Å². The van der Waals surface area contributed by atoms with Crippen LogP contribution in [0.2, 0.25) is 0 Å². The van der Waals surface area contributed by atoms with Gasteiger partial charge in [0.05, 0.1) is 0 Å². The van der Waals surface area contributed by atoms with Crippen LogP contribution in [-0.2, 0) is 10.8 Å². The number of hydrogen-bond acceptors (Lipinski definition) is 4. The number of hydrogen-bond donors (Lipinski definition) is 0. The zero-order chi connectivity index (χ0) is 83.0. The fourth-order valence-electron chi connectivity index (χ4n) is 19.1. The average molecular weight is 1590 g/mol. The molecule has 0 saturated heterocycles. The van der Waals surface area contributed by atoms with Crippen LogP contribution >= 0.6 is 0 Å². The third-order valence-electron chi connectivity index (χ3n) is 25.8. The molecule has 2 aromatic heterocycles. The highest BCUT2D eigenvalue weighted by Gasteiger charge is 2.38. The summed E-state index contributed by atoms with van der Waals surface area (Å²) in [6, 6.07) is 163. The SMILES string of the molecule is CC1(C)c2cc(-c3ccc4oc5ccccc5c4c3)ccc2-c2ccc(N(c3ccc(-c4ccc(-c5ccccc5)cc4)cc3)c3ccc(-c4ccc(-c5ccccc5)cc4)cc3)cc21.CC1(C)c2cc(-c3ccc4oc5ccccc5c4c3)ccc2-c2ccc(N(c3ccc(-c4ccccc4)cc3)c3ccc(-c4ccc(-c5ccccc5)cc4)cc3)cc21. The second kappa shape index (κ2) is 30.9. The van der Waals surface area contributed by atoms with Gasteiger partial charge >= 0.3 is 0 Å². The summed E-state index contributed by atoms with van der Waals surface area (Å²) in [5, 5.41) is 4.59. The van der Waals surface area contributed by atoms with E-state index in [1.807, 2.05) is 24.3 Å². The van der Waals surface area contributed by atoms with Crippen molar-refractivity contribution in [3.05, 3.63) is 471 Å². The van der Waals surface area contributed by atoms with Gasteiger partial charge in [0.15, 0.2) is 0 Å². The molecule has 2 aliphatic carbocycles. The highest BCUT2D eigenvalue weighted by atomic mass is 16.3. The summed E-state index contributed by atoms with van der Waals surface area (Å²) in [4.78, 5) is 4.80. The van der Waals surface area contributed by atoms with Crippen molar-refractivity contribution in [2.75, 3.05) is 9.80 Å². The highest BCUT2D eigenvalue weighted by Crippen LogP contribution is 2.55. The van der Waals surface area contributed by atoms with Gasteiger partial charge < -0.3 is 18.6 Å². The van der Waals surface area contributed by atoms with Crippen LogP contribution in [0.5, 0.6) is 0 Å². The maximum atomic E-state index is 6.17. The van der Waals surface area contributed by atoms with Crippen LogP contribution in [0.25, 0.3) is 166 Å². The third kappa shape index (κ3) is 13.6. The molecule has 2 heterocycles. The lowest BCUT2D eigenvalue weighted by Gasteiger charge is -2.28. The number of anilines is 6. The van der Waals surface area contributed by atoms with E-state index in [1.54, 1.807) is 0 Å². The summed E-state index contributed by atoms with van der Waals surface area (Å²) in [5.41, 5.74) is 42.2. The normalized spacial score (nSPS) is 12.6. The second-order valence-electron chi connectivity index (χ2n) is 33.9. The minimum Gasteiger partial charge on any atom is -0.456 e. The van der Waals surface area contributed by atoms with Crippen molar-refractivity contribution >= 4 is 78.0 Å². The minimum atomic E-state index is -0.222. The molecule has 0 unspecified atom stereocenters. The van der Waals surface area contributed by atoms with Gasteiger partial charge in [0, 0.05) is 66.5 Å². The Hall–Kier alpha value is -15.6. The predicted octanol–water partition coefficient (Wildman–Crippen LogP) is 33.7. The van der Waals surface area contributed by atoms with Gasteiger partial charge in [0.25, 0.3) is 0 Å². The van der Waals surface area contributed by atoms with Crippen molar-refractivity contribution in [3.8, 4) is 122 Å². The summed E-state index contributed by atoms with van der Waals surface area (Å²) in [7, 11) is 0. The van der Waals surface area contributed by atoms with Crippen molar-refractivity contribution < 1.29 is 8.83 Å². The second-order valence-corrected chi connectivity index (χ2v) is 33.9. The quantitative estimate of drug-likeness (QED) is 0.102. The van der Waals surface area contributed by atoms with Gasteiger partial charge in [0.2, 0.25) is 0 Å². The predicted molar refractivity (Wildman–Crippen MR) is 521 cm³/mol. The molecule has 124 heavy (non-hydrogen) atoms. The van der Waals surface area contributed by atoms with E-state index in [9.17, 15) is 0 Å². The number of para-hydroxylation sites is 2. The smallest absolute Gasteiger partial charge is 0.135 e. The maximum Gasteiger partial charge on any atom is 0.135 e.